The molecular formula is C13H18N2O3. The lowest BCUT2D eigenvalue weighted by atomic mass is 10.4. The molecule has 98 valence electrons. The van der Waals surface area contributed by atoms with Crippen molar-refractivity contribution in [3.05, 3.63) is 30.0 Å². The Balaban J connectivity index is 1.83. The van der Waals surface area contributed by atoms with Gasteiger partial charge in [0.2, 0.25) is 0 Å². The van der Waals surface area contributed by atoms with Crippen molar-refractivity contribution in [2.24, 2.45) is 0 Å². The van der Waals surface area contributed by atoms with E-state index >= 15 is 0 Å². The molecule has 1 N–H and O–H groups in total. The smallest absolute Gasteiger partial charge is 0.196 e. The van der Waals surface area contributed by atoms with Crippen LogP contribution in [0, 0.1) is 6.92 Å². The molecule has 0 aliphatic rings. The Morgan fingerprint density at radius 3 is 2.83 bits per heavy atom. The molecule has 2 rings (SSSR count). The van der Waals surface area contributed by atoms with Gasteiger partial charge in [0.15, 0.2) is 17.4 Å². The topological polar surface area (TPSA) is 60.4 Å². The molecule has 18 heavy (non-hydrogen) atoms. The molecule has 0 radical (unpaired) electrons. The summed E-state index contributed by atoms with van der Waals surface area (Å²) in [5.74, 6) is 2.97. The molecule has 0 aliphatic carbocycles. The predicted octanol–water partition coefficient (Wildman–Crippen LogP) is 2.02. The number of rotatable bonds is 7. The fourth-order valence-electron chi connectivity index (χ4n) is 1.60. The molecule has 2 aromatic rings. The SMILES string of the molecule is COCCNCCc1ncc(-c2ccc(C)o2)o1. The standard InChI is InChI=1S/C13H18N2O3/c1-10-3-4-11(17-10)12-9-15-13(18-12)5-6-14-7-8-16-2/h3-4,9,14H,5-8H2,1-2H3. The van der Waals surface area contributed by atoms with Gasteiger partial charge in [0.25, 0.3) is 0 Å². The van der Waals surface area contributed by atoms with Crippen molar-refractivity contribution in [1.29, 1.82) is 0 Å². The van der Waals surface area contributed by atoms with Crippen molar-refractivity contribution in [2.45, 2.75) is 13.3 Å². The van der Waals surface area contributed by atoms with Gasteiger partial charge in [-0.2, -0.15) is 0 Å². The van der Waals surface area contributed by atoms with E-state index in [2.05, 4.69) is 10.3 Å². The van der Waals surface area contributed by atoms with Crippen LogP contribution in [-0.4, -0.2) is 31.8 Å². The maximum atomic E-state index is 5.61. The molecule has 0 aliphatic heterocycles. The maximum Gasteiger partial charge on any atom is 0.196 e. The maximum absolute atomic E-state index is 5.61. The van der Waals surface area contributed by atoms with Crippen LogP contribution in [0.15, 0.2) is 27.2 Å². The number of aryl methyl sites for hydroxylation is 1. The number of furan rings is 1. The third-order valence-electron chi connectivity index (χ3n) is 2.54. The number of hydrogen-bond acceptors (Lipinski definition) is 5. The predicted molar refractivity (Wildman–Crippen MR) is 67.4 cm³/mol. The van der Waals surface area contributed by atoms with Crippen LogP contribution in [0.25, 0.3) is 11.5 Å². The van der Waals surface area contributed by atoms with Crippen molar-refractivity contribution in [3.8, 4) is 11.5 Å². The number of aromatic nitrogens is 1. The third-order valence-corrected chi connectivity index (χ3v) is 2.54. The fourth-order valence-corrected chi connectivity index (χ4v) is 1.60. The number of oxazole rings is 1. The zero-order valence-electron chi connectivity index (χ0n) is 10.7. The molecule has 0 spiro atoms. The van der Waals surface area contributed by atoms with Crippen molar-refractivity contribution in [1.82, 2.24) is 10.3 Å². The van der Waals surface area contributed by atoms with E-state index in [1.165, 1.54) is 0 Å². The van der Waals surface area contributed by atoms with Gasteiger partial charge in [-0.3, -0.25) is 0 Å². The van der Waals surface area contributed by atoms with Crippen LogP contribution < -0.4 is 5.32 Å². The van der Waals surface area contributed by atoms with Gasteiger partial charge in [0, 0.05) is 26.6 Å². The minimum Gasteiger partial charge on any atom is -0.458 e. The molecule has 0 atom stereocenters. The van der Waals surface area contributed by atoms with Gasteiger partial charge in [-0.05, 0) is 19.1 Å². The van der Waals surface area contributed by atoms with Crippen LogP contribution in [0.2, 0.25) is 0 Å². The van der Waals surface area contributed by atoms with Gasteiger partial charge in [0.05, 0.1) is 12.8 Å². The van der Waals surface area contributed by atoms with E-state index in [0.717, 1.165) is 31.0 Å². The zero-order chi connectivity index (χ0) is 12.8. The molecule has 0 fully saturated rings. The zero-order valence-corrected chi connectivity index (χ0v) is 10.7. The summed E-state index contributed by atoms with van der Waals surface area (Å²) in [6, 6.07) is 3.79. The van der Waals surface area contributed by atoms with E-state index in [4.69, 9.17) is 13.6 Å². The summed E-state index contributed by atoms with van der Waals surface area (Å²) in [7, 11) is 1.69. The first kappa shape index (κ1) is 12.9. The highest BCUT2D eigenvalue weighted by molar-refractivity contribution is 5.48. The summed E-state index contributed by atoms with van der Waals surface area (Å²) in [4.78, 5) is 4.22. The molecule has 5 heteroatoms. The van der Waals surface area contributed by atoms with Crippen LogP contribution in [0.1, 0.15) is 11.7 Å². The van der Waals surface area contributed by atoms with Crippen LogP contribution in [-0.2, 0) is 11.2 Å². The summed E-state index contributed by atoms with van der Waals surface area (Å²) >= 11 is 0. The molecule has 5 nitrogen and oxygen atoms in total. The third kappa shape index (κ3) is 3.45. The van der Waals surface area contributed by atoms with Crippen molar-refractivity contribution in [2.75, 3.05) is 26.8 Å². The van der Waals surface area contributed by atoms with Gasteiger partial charge >= 0.3 is 0 Å². The number of nitrogens with one attached hydrogen (secondary N) is 1. The first-order valence-corrected chi connectivity index (χ1v) is 6.01. The van der Waals surface area contributed by atoms with Crippen LogP contribution in [0.3, 0.4) is 0 Å². The average molecular weight is 250 g/mol. The van der Waals surface area contributed by atoms with E-state index in [9.17, 15) is 0 Å². The van der Waals surface area contributed by atoms with E-state index in [-0.39, 0.29) is 0 Å². The largest absolute Gasteiger partial charge is 0.458 e. The van der Waals surface area contributed by atoms with Gasteiger partial charge in [0.1, 0.15) is 5.76 Å². The Hall–Kier alpha value is -1.59. The normalized spacial score (nSPS) is 11.0. The molecule has 0 saturated heterocycles. The lowest BCUT2D eigenvalue weighted by Crippen LogP contribution is -2.21. The van der Waals surface area contributed by atoms with Crippen molar-refractivity contribution >= 4 is 0 Å². The highest BCUT2D eigenvalue weighted by Gasteiger charge is 2.09. The molecule has 2 aromatic heterocycles. The molecule has 0 amide bonds. The van der Waals surface area contributed by atoms with Crippen molar-refractivity contribution < 1.29 is 13.6 Å². The van der Waals surface area contributed by atoms with E-state index < -0.39 is 0 Å². The van der Waals surface area contributed by atoms with Crippen LogP contribution in [0.5, 0.6) is 0 Å². The lowest BCUT2D eigenvalue weighted by Gasteiger charge is -2.00. The van der Waals surface area contributed by atoms with Gasteiger partial charge in [-0.1, -0.05) is 0 Å². The number of nitrogens with zero attached hydrogens (tertiary/aromatic N) is 1. The first-order chi connectivity index (χ1) is 8.79. The minimum atomic E-state index is 0.676. The van der Waals surface area contributed by atoms with Gasteiger partial charge < -0.3 is 18.9 Å². The van der Waals surface area contributed by atoms with Crippen molar-refractivity contribution in [3.63, 3.8) is 0 Å². The van der Waals surface area contributed by atoms with Gasteiger partial charge in [-0.25, -0.2) is 4.98 Å². The molecular weight excluding hydrogens is 232 g/mol. The molecule has 0 saturated carbocycles. The monoisotopic (exact) mass is 250 g/mol. The Bertz CT molecular complexity index is 476. The summed E-state index contributed by atoms with van der Waals surface area (Å²) < 4.78 is 16.0. The van der Waals surface area contributed by atoms with Crippen LogP contribution in [0.4, 0.5) is 0 Å². The Labute approximate surface area is 106 Å². The highest BCUT2D eigenvalue weighted by Crippen LogP contribution is 2.22. The average Bonchev–Trinajstić information content (AvgIpc) is 2.97. The Morgan fingerprint density at radius 2 is 2.11 bits per heavy atom. The number of hydrogen-bond donors (Lipinski definition) is 1. The number of ether oxygens (including phenoxy) is 1. The molecule has 0 aromatic carbocycles. The highest BCUT2D eigenvalue weighted by atomic mass is 16.5. The summed E-state index contributed by atoms with van der Waals surface area (Å²) in [6.07, 6.45) is 2.45. The second-order valence-electron chi connectivity index (χ2n) is 4.02. The summed E-state index contributed by atoms with van der Waals surface area (Å²) in [5, 5.41) is 3.24. The second-order valence-corrected chi connectivity index (χ2v) is 4.02. The second kappa shape index (κ2) is 6.37. The molecule has 0 bridgehead atoms. The quantitative estimate of drug-likeness (QED) is 0.762. The van der Waals surface area contributed by atoms with Gasteiger partial charge in [-0.15, -0.1) is 0 Å². The fraction of sp³-hybridized carbons (Fsp3) is 0.462. The van der Waals surface area contributed by atoms with Crippen LogP contribution >= 0.6 is 0 Å². The number of methoxy groups -OCH3 is 1. The van der Waals surface area contributed by atoms with E-state index in [1.54, 1.807) is 13.3 Å². The van der Waals surface area contributed by atoms with E-state index in [1.807, 2.05) is 19.1 Å². The Morgan fingerprint density at radius 1 is 1.22 bits per heavy atom. The minimum absolute atomic E-state index is 0.676. The molecule has 0 unspecified atom stereocenters. The first-order valence-electron chi connectivity index (χ1n) is 6.01. The summed E-state index contributed by atoms with van der Waals surface area (Å²) in [5.41, 5.74) is 0. The molecule has 2 heterocycles. The lowest BCUT2D eigenvalue weighted by molar-refractivity contribution is 0.199. The summed E-state index contributed by atoms with van der Waals surface area (Å²) in [6.45, 7) is 4.27. The van der Waals surface area contributed by atoms with E-state index in [0.29, 0.717) is 18.3 Å². The Kier molecular flexibility index (Phi) is 4.55.